The first-order valence-corrected chi connectivity index (χ1v) is 11.2. The molecule has 0 radical (unpaired) electrons. The monoisotopic (exact) mass is 460 g/mol. The molecule has 0 spiro atoms. The van der Waals surface area contributed by atoms with E-state index in [-0.39, 0.29) is 17.0 Å². The summed E-state index contributed by atoms with van der Waals surface area (Å²) in [6, 6.07) is 17.0. The maximum Gasteiger partial charge on any atom is 0.200 e. The molecule has 5 rings (SSSR count). The van der Waals surface area contributed by atoms with E-state index in [1.807, 2.05) is 18.2 Å². The number of phenols is 1. The highest BCUT2D eigenvalue weighted by atomic mass is 19.1. The summed E-state index contributed by atoms with van der Waals surface area (Å²) in [5.74, 6) is 0.443. The van der Waals surface area contributed by atoms with E-state index in [4.69, 9.17) is 9.15 Å². The second kappa shape index (κ2) is 9.19. The van der Waals surface area contributed by atoms with E-state index in [1.165, 1.54) is 18.4 Å². The molecular formula is C27H25FN2O4. The van der Waals surface area contributed by atoms with Gasteiger partial charge in [-0.15, -0.1) is 0 Å². The molecule has 7 heteroatoms. The minimum atomic E-state index is -0.246. The van der Waals surface area contributed by atoms with Crippen LogP contribution in [0.4, 0.5) is 10.1 Å². The third-order valence-corrected chi connectivity index (χ3v) is 6.36. The number of ether oxygens (including phenoxy) is 1. The lowest BCUT2D eigenvalue weighted by Crippen LogP contribution is -2.46. The molecule has 34 heavy (non-hydrogen) atoms. The first kappa shape index (κ1) is 22.0. The molecule has 2 heterocycles. The molecule has 0 bridgehead atoms. The molecule has 4 aromatic rings. The van der Waals surface area contributed by atoms with Gasteiger partial charge in [-0.2, -0.15) is 0 Å². The van der Waals surface area contributed by atoms with Gasteiger partial charge < -0.3 is 19.2 Å². The van der Waals surface area contributed by atoms with Crippen LogP contribution in [-0.4, -0.2) is 43.3 Å². The zero-order valence-corrected chi connectivity index (χ0v) is 18.8. The van der Waals surface area contributed by atoms with Crippen LogP contribution in [0, 0.1) is 5.82 Å². The van der Waals surface area contributed by atoms with Gasteiger partial charge in [-0.25, -0.2) is 4.39 Å². The molecule has 3 aromatic carbocycles. The minimum absolute atomic E-state index is 0.0988. The number of hydrogen-bond donors (Lipinski definition) is 1. The first-order valence-electron chi connectivity index (χ1n) is 11.2. The van der Waals surface area contributed by atoms with Gasteiger partial charge in [-0.05, 0) is 42.5 Å². The van der Waals surface area contributed by atoms with Crippen molar-refractivity contribution < 1.29 is 18.7 Å². The van der Waals surface area contributed by atoms with E-state index < -0.39 is 0 Å². The second-order valence-corrected chi connectivity index (χ2v) is 8.36. The Bertz CT molecular complexity index is 1380. The molecule has 0 amide bonds. The summed E-state index contributed by atoms with van der Waals surface area (Å²) in [6.07, 6.45) is 1.44. The number of phenolic OH excluding ortho intramolecular Hbond substituents is 1. The van der Waals surface area contributed by atoms with Crippen LogP contribution < -0.4 is 15.1 Å². The standard InChI is InChI=1S/C27H25FN2O4/c1-33-25-5-3-2-4-20(25)23-17-34-27-21(26(23)32)10-11-24(31)22(27)16-29-12-14-30(15-13-29)19-8-6-18(28)7-9-19/h2-11,17,31H,12-16H2,1H3. The van der Waals surface area contributed by atoms with Crippen molar-refractivity contribution in [3.63, 3.8) is 0 Å². The van der Waals surface area contributed by atoms with Crippen molar-refractivity contribution in [2.24, 2.45) is 0 Å². The Morgan fingerprint density at radius 1 is 0.971 bits per heavy atom. The van der Waals surface area contributed by atoms with E-state index in [2.05, 4.69) is 9.80 Å². The Balaban J connectivity index is 1.41. The number of aromatic hydroxyl groups is 1. The lowest BCUT2D eigenvalue weighted by Gasteiger charge is -2.36. The fraction of sp³-hybridized carbons (Fsp3) is 0.222. The van der Waals surface area contributed by atoms with Gasteiger partial charge >= 0.3 is 0 Å². The number of methoxy groups -OCH3 is 1. The molecule has 6 nitrogen and oxygen atoms in total. The Labute approximate surface area is 196 Å². The molecule has 1 fully saturated rings. The lowest BCUT2D eigenvalue weighted by molar-refractivity contribution is 0.246. The van der Waals surface area contributed by atoms with Crippen LogP contribution in [-0.2, 0) is 6.54 Å². The molecule has 0 unspecified atom stereocenters. The van der Waals surface area contributed by atoms with Crippen molar-refractivity contribution in [2.45, 2.75) is 6.54 Å². The van der Waals surface area contributed by atoms with Crippen LogP contribution >= 0.6 is 0 Å². The summed E-state index contributed by atoms with van der Waals surface area (Å²) >= 11 is 0. The van der Waals surface area contributed by atoms with Gasteiger partial charge in [-0.1, -0.05) is 18.2 Å². The highest BCUT2D eigenvalue weighted by Gasteiger charge is 2.22. The fourth-order valence-corrected chi connectivity index (χ4v) is 4.49. The molecule has 1 aliphatic heterocycles. The van der Waals surface area contributed by atoms with Crippen LogP contribution in [0.1, 0.15) is 5.56 Å². The zero-order chi connectivity index (χ0) is 23.7. The zero-order valence-electron chi connectivity index (χ0n) is 18.8. The number of benzene rings is 3. The number of fused-ring (bicyclic) bond motifs is 1. The van der Waals surface area contributed by atoms with Crippen molar-refractivity contribution in [3.05, 3.63) is 88.5 Å². The second-order valence-electron chi connectivity index (χ2n) is 8.36. The highest BCUT2D eigenvalue weighted by molar-refractivity contribution is 5.86. The lowest BCUT2D eigenvalue weighted by atomic mass is 10.0. The van der Waals surface area contributed by atoms with Crippen LogP contribution in [0.3, 0.4) is 0 Å². The Hall–Kier alpha value is -3.84. The Morgan fingerprint density at radius 2 is 1.71 bits per heavy atom. The van der Waals surface area contributed by atoms with Gasteiger partial charge in [0, 0.05) is 44.0 Å². The predicted octanol–water partition coefficient (Wildman–Crippen LogP) is 4.64. The van der Waals surface area contributed by atoms with Crippen molar-refractivity contribution in [3.8, 4) is 22.6 Å². The number of para-hydroxylation sites is 1. The van der Waals surface area contributed by atoms with Crippen molar-refractivity contribution in [2.75, 3.05) is 38.2 Å². The van der Waals surface area contributed by atoms with Gasteiger partial charge in [0.1, 0.15) is 29.2 Å². The summed E-state index contributed by atoms with van der Waals surface area (Å²) in [6.45, 7) is 3.53. The maximum absolute atomic E-state index is 13.3. The fourth-order valence-electron chi connectivity index (χ4n) is 4.49. The average Bonchev–Trinajstić information content (AvgIpc) is 2.87. The predicted molar refractivity (Wildman–Crippen MR) is 130 cm³/mol. The molecule has 174 valence electrons. The van der Waals surface area contributed by atoms with Crippen molar-refractivity contribution >= 4 is 16.7 Å². The number of anilines is 1. The maximum atomic E-state index is 13.3. The third-order valence-electron chi connectivity index (χ3n) is 6.36. The van der Waals surface area contributed by atoms with E-state index in [1.54, 1.807) is 37.4 Å². The molecular weight excluding hydrogens is 435 g/mol. The number of hydrogen-bond acceptors (Lipinski definition) is 6. The number of rotatable bonds is 5. The summed E-state index contributed by atoms with van der Waals surface area (Å²) in [5, 5.41) is 11.0. The summed E-state index contributed by atoms with van der Waals surface area (Å²) in [4.78, 5) is 17.8. The van der Waals surface area contributed by atoms with E-state index >= 15 is 0 Å². The van der Waals surface area contributed by atoms with Gasteiger partial charge in [0.2, 0.25) is 5.43 Å². The molecule has 0 saturated carbocycles. The summed E-state index contributed by atoms with van der Waals surface area (Å²) in [7, 11) is 1.56. The first-order chi connectivity index (χ1) is 16.5. The Kier molecular flexibility index (Phi) is 5.94. The van der Waals surface area contributed by atoms with E-state index in [0.717, 1.165) is 31.9 Å². The van der Waals surface area contributed by atoms with Crippen LogP contribution in [0.25, 0.3) is 22.1 Å². The average molecular weight is 461 g/mol. The van der Waals surface area contributed by atoms with E-state index in [9.17, 15) is 14.3 Å². The molecule has 1 N–H and O–H groups in total. The van der Waals surface area contributed by atoms with Gasteiger partial charge in [0.05, 0.1) is 23.6 Å². The number of piperazine rings is 1. The van der Waals surface area contributed by atoms with Crippen LogP contribution in [0.5, 0.6) is 11.5 Å². The van der Waals surface area contributed by atoms with Crippen molar-refractivity contribution in [1.82, 2.24) is 4.90 Å². The summed E-state index contributed by atoms with van der Waals surface area (Å²) in [5.41, 5.74) is 2.87. The normalized spacial score (nSPS) is 14.5. The third kappa shape index (κ3) is 4.10. The molecule has 1 aliphatic rings. The molecule has 0 atom stereocenters. The molecule has 0 aliphatic carbocycles. The highest BCUT2D eigenvalue weighted by Crippen LogP contribution is 2.32. The largest absolute Gasteiger partial charge is 0.507 e. The number of halogens is 1. The Morgan fingerprint density at radius 3 is 2.44 bits per heavy atom. The molecule has 1 aromatic heterocycles. The quantitative estimate of drug-likeness (QED) is 0.468. The van der Waals surface area contributed by atoms with Gasteiger partial charge in [-0.3, -0.25) is 9.69 Å². The van der Waals surface area contributed by atoms with Crippen LogP contribution in [0.2, 0.25) is 0 Å². The number of nitrogens with zero attached hydrogens (tertiary/aromatic N) is 2. The van der Waals surface area contributed by atoms with E-state index in [0.29, 0.717) is 40.0 Å². The van der Waals surface area contributed by atoms with Gasteiger partial charge in [0.25, 0.3) is 0 Å². The van der Waals surface area contributed by atoms with Gasteiger partial charge in [0.15, 0.2) is 0 Å². The smallest absolute Gasteiger partial charge is 0.200 e. The van der Waals surface area contributed by atoms with Crippen molar-refractivity contribution in [1.29, 1.82) is 0 Å². The topological polar surface area (TPSA) is 66.2 Å². The summed E-state index contributed by atoms with van der Waals surface area (Å²) < 4.78 is 24.6. The SMILES string of the molecule is COc1ccccc1-c1coc2c(CN3CCN(c4ccc(F)cc4)CC3)c(O)ccc2c1=O. The molecule has 1 saturated heterocycles. The van der Waals surface area contributed by atoms with Crippen LogP contribution in [0.15, 0.2) is 76.1 Å². The minimum Gasteiger partial charge on any atom is -0.507 e.